The molecule has 0 bridgehead atoms. The lowest BCUT2D eigenvalue weighted by molar-refractivity contribution is -0.139. The lowest BCUT2D eigenvalue weighted by Crippen LogP contribution is -2.24. The maximum Gasteiger partial charge on any atom is 0.319 e. The van der Waals surface area contributed by atoms with Gasteiger partial charge in [-0.05, 0) is 31.4 Å². The summed E-state index contributed by atoms with van der Waals surface area (Å²) in [6.45, 7) is 1.24. The first-order valence-corrected chi connectivity index (χ1v) is 5.97. The van der Waals surface area contributed by atoms with Gasteiger partial charge in [0.05, 0.1) is 13.7 Å². The van der Waals surface area contributed by atoms with Gasteiger partial charge in [0.25, 0.3) is 0 Å². The molecule has 0 fully saturated rings. The predicted molar refractivity (Wildman–Crippen MR) is 57.1 cm³/mol. The van der Waals surface area contributed by atoms with E-state index < -0.39 is 0 Å². The Kier molecular flexibility index (Phi) is 9.70. The average Bonchev–Trinajstić information content (AvgIpc) is 2.16. The topological polar surface area (TPSA) is 38.3 Å². The zero-order valence-corrected chi connectivity index (χ0v) is 9.28. The summed E-state index contributed by atoms with van der Waals surface area (Å²) in [7, 11) is 1.41. The quantitative estimate of drug-likeness (QED) is 0.478. The fourth-order valence-corrected chi connectivity index (χ4v) is 1.43. The number of hydrogen-bond acceptors (Lipinski definition) is 4. The molecule has 0 spiro atoms. The molecule has 0 aromatic carbocycles. The van der Waals surface area contributed by atoms with Gasteiger partial charge in [-0.1, -0.05) is 6.42 Å². The van der Waals surface area contributed by atoms with Crippen LogP contribution in [-0.4, -0.2) is 38.2 Å². The van der Waals surface area contributed by atoms with Crippen molar-refractivity contribution in [3.8, 4) is 0 Å². The van der Waals surface area contributed by atoms with E-state index in [9.17, 15) is 4.79 Å². The largest absolute Gasteiger partial charge is 0.468 e. The molecular formula is C9H19NO2S. The number of ether oxygens (including phenoxy) is 1. The molecule has 0 saturated heterocycles. The molecule has 3 nitrogen and oxygen atoms in total. The second-order valence-electron chi connectivity index (χ2n) is 2.81. The Labute approximate surface area is 84.6 Å². The second-order valence-corrected chi connectivity index (χ2v) is 3.79. The monoisotopic (exact) mass is 205 g/mol. The van der Waals surface area contributed by atoms with Crippen molar-refractivity contribution in [2.24, 2.45) is 0 Å². The number of esters is 1. The summed E-state index contributed by atoms with van der Waals surface area (Å²) in [5, 5.41) is 3.03. The highest BCUT2D eigenvalue weighted by atomic mass is 32.2. The third kappa shape index (κ3) is 9.70. The standard InChI is InChI=1S/C9H19NO2S/c1-12-9(11)8-10-6-4-3-5-7-13-2/h10H,3-8H2,1-2H3. The molecule has 0 radical (unpaired) electrons. The van der Waals surface area contributed by atoms with Gasteiger partial charge in [0.2, 0.25) is 0 Å². The smallest absolute Gasteiger partial charge is 0.319 e. The first-order valence-electron chi connectivity index (χ1n) is 4.57. The van der Waals surface area contributed by atoms with E-state index in [0.29, 0.717) is 6.54 Å². The molecule has 0 aromatic rings. The van der Waals surface area contributed by atoms with Crippen LogP contribution < -0.4 is 5.32 Å². The Bertz CT molecular complexity index is 131. The SMILES string of the molecule is COC(=O)CNCCCCCSC. The molecule has 4 heteroatoms. The maximum atomic E-state index is 10.7. The van der Waals surface area contributed by atoms with E-state index in [4.69, 9.17) is 0 Å². The fraction of sp³-hybridized carbons (Fsp3) is 0.889. The number of nitrogens with one attached hydrogen (secondary N) is 1. The normalized spacial score (nSPS) is 10.0. The minimum atomic E-state index is -0.191. The van der Waals surface area contributed by atoms with Crippen LogP contribution in [0.25, 0.3) is 0 Å². The highest BCUT2D eigenvalue weighted by Gasteiger charge is 1.96. The Hall–Kier alpha value is -0.220. The molecule has 0 aromatic heterocycles. The molecule has 13 heavy (non-hydrogen) atoms. The van der Waals surface area contributed by atoms with E-state index in [1.165, 1.54) is 25.7 Å². The minimum Gasteiger partial charge on any atom is -0.468 e. The van der Waals surface area contributed by atoms with E-state index in [1.807, 2.05) is 11.8 Å². The van der Waals surface area contributed by atoms with E-state index in [-0.39, 0.29) is 5.97 Å². The van der Waals surface area contributed by atoms with Crippen LogP contribution in [-0.2, 0) is 9.53 Å². The molecule has 1 N–H and O–H groups in total. The number of thioether (sulfide) groups is 1. The first kappa shape index (κ1) is 12.8. The van der Waals surface area contributed by atoms with Crippen molar-refractivity contribution >= 4 is 17.7 Å². The molecule has 0 unspecified atom stereocenters. The number of carbonyl (C=O) groups is 1. The molecule has 78 valence electrons. The van der Waals surface area contributed by atoms with Crippen LogP contribution in [0.5, 0.6) is 0 Å². The summed E-state index contributed by atoms with van der Waals surface area (Å²) in [6, 6.07) is 0. The van der Waals surface area contributed by atoms with Gasteiger partial charge in [-0.25, -0.2) is 0 Å². The van der Waals surface area contributed by atoms with Gasteiger partial charge in [0, 0.05) is 0 Å². The zero-order chi connectivity index (χ0) is 9.94. The van der Waals surface area contributed by atoms with Gasteiger partial charge < -0.3 is 10.1 Å². The molecule has 0 aliphatic carbocycles. The average molecular weight is 205 g/mol. The Morgan fingerprint density at radius 1 is 1.38 bits per heavy atom. The van der Waals surface area contributed by atoms with Gasteiger partial charge in [0.15, 0.2) is 0 Å². The summed E-state index contributed by atoms with van der Waals surface area (Å²) in [4.78, 5) is 10.7. The molecule has 0 heterocycles. The van der Waals surface area contributed by atoms with Gasteiger partial charge in [-0.3, -0.25) is 4.79 Å². The zero-order valence-electron chi connectivity index (χ0n) is 8.47. The fourth-order valence-electron chi connectivity index (χ4n) is 0.936. The number of methoxy groups -OCH3 is 1. The summed E-state index contributed by atoms with van der Waals surface area (Å²) in [5.41, 5.74) is 0. The van der Waals surface area contributed by atoms with Crippen LogP contribution in [0.3, 0.4) is 0 Å². The molecule has 0 saturated carbocycles. The van der Waals surface area contributed by atoms with Gasteiger partial charge in [0.1, 0.15) is 0 Å². The van der Waals surface area contributed by atoms with Crippen molar-refractivity contribution < 1.29 is 9.53 Å². The molecule has 0 rings (SSSR count). The van der Waals surface area contributed by atoms with Crippen LogP contribution in [0, 0.1) is 0 Å². The van der Waals surface area contributed by atoms with Gasteiger partial charge >= 0.3 is 5.97 Å². The maximum absolute atomic E-state index is 10.7. The Balaban J connectivity index is 2.95. The summed E-state index contributed by atoms with van der Waals surface area (Å²) >= 11 is 1.88. The third-order valence-electron chi connectivity index (χ3n) is 1.70. The highest BCUT2D eigenvalue weighted by Crippen LogP contribution is 2.00. The molecular weight excluding hydrogens is 186 g/mol. The van der Waals surface area contributed by atoms with Crippen LogP contribution in [0.1, 0.15) is 19.3 Å². The minimum absolute atomic E-state index is 0.191. The summed E-state index contributed by atoms with van der Waals surface area (Å²) < 4.78 is 4.49. The van der Waals surface area contributed by atoms with E-state index in [0.717, 1.165) is 13.0 Å². The van der Waals surface area contributed by atoms with Crippen molar-refractivity contribution in [2.75, 3.05) is 32.2 Å². The van der Waals surface area contributed by atoms with E-state index >= 15 is 0 Å². The Morgan fingerprint density at radius 3 is 2.77 bits per heavy atom. The predicted octanol–water partition coefficient (Wildman–Crippen LogP) is 1.28. The van der Waals surface area contributed by atoms with Crippen LogP contribution in [0.4, 0.5) is 0 Å². The number of carbonyl (C=O) groups excluding carboxylic acids is 1. The van der Waals surface area contributed by atoms with Crippen molar-refractivity contribution in [1.82, 2.24) is 5.32 Å². The number of unbranched alkanes of at least 4 members (excludes halogenated alkanes) is 2. The van der Waals surface area contributed by atoms with Crippen LogP contribution in [0.2, 0.25) is 0 Å². The second kappa shape index (κ2) is 9.86. The van der Waals surface area contributed by atoms with E-state index in [2.05, 4.69) is 16.3 Å². The lowest BCUT2D eigenvalue weighted by Gasteiger charge is -2.02. The summed E-state index contributed by atoms with van der Waals surface area (Å²) in [6.07, 6.45) is 5.75. The van der Waals surface area contributed by atoms with Crippen molar-refractivity contribution in [3.63, 3.8) is 0 Å². The summed E-state index contributed by atoms with van der Waals surface area (Å²) in [5.74, 6) is 1.04. The van der Waals surface area contributed by atoms with E-state index in [1.54, 1.807) is 0 Å². The molecule has 0 atom stereocenters. The highest BCUT2D eigenvalue weighted by molar-refractivity contribution is 7.98. The van der Waals surface area contributed by atoms with Crippen molar-refractivity contribution in [1.29, 1.82) is 0 Å². The number of hydrogen-bond donors (Lipinski definition) is 1. The third-order valence-corrected chi connectivity index (χ3v) is 2.40. The molecule has 0 amide bonds. The molecule has 0 aliphatic heterocycles. The first-order chi connectivity index (χ1) is 6.31. The number of rotatable bonds is 8. The van der Waals surface area contributed by atoms with Crippen LogP contribution in [0.15, 0.2) is 0 Å². The molecule has 0 aliphatic rings. The van der Waals surface area contributed by atoms with Crippen molar-refractivity contribution in [3.05, 3.63) is 0 Å². The van der Waals surface area contributed by atoms with Gasteiger partial charge in [-0.2, -0.15) is 11.8 Å². The lowest BCUT2D eigenvalue weighted by atomic mass is 10.2. The Morgan fingerprint density at radius 2 is 2.15 bits per heavy atom. The van der Waals surface area contributed by atoms with Crippen LogP contribution >= 0.6 is 11.8 Å². The van der Waals surface area contributed by atoms with Crippen molar-refractivity contribution in [2.45, 2.75) is 19.3 Å². The van der Waals surface area contributed by atoms with Gasteiger partial charge in [-0.15, -0.1) is 0 Å².